The van der Waals surface area contributed by atoms with Gasteiger partial charge >= 0.3 is 0 Å². The smallest absolute Gasteiger partial charge is 0.133 e. The van der Waals surface area contributed by atoms with Crippen LogP contribution < -0.4 is 0 Å². The van der Waals surface area contributed by atoms with Gasteiger partial charge in [-0.1, -0.05) is 51.9 Å². The molecule has 1 unspecified atom stereocenters. The standard InChI is InChI=1S/C13H24O/c1-2-3-5-8-12-9-6-4-7-10-13(14)11-12/h12H,2-11H2,1H3. The van der Waals surface area contributed by atoms with Crippen LogP contribution in [0.1, 0.15) is 71.1 Å². The highest BCUT2D eigenvalue weighted by molar-refractivity contribution is 5.78. The first-order valence-electron chi connectivity index (χ1n) is 6.34. The van der Waals surface area contributed by atoms with Crippen molar-refractivity contribution in [2.75, 3.05) is 0 Å². The van der Waals surface area contributed by atoms with Crippen molar-refractivity contribution in [2.24, 2.45) is 5.92 Å². The van der Waals surface area contributed by atoms with Crippen LogP contribution in [0.3, 0.4) is 0 Å². The second kappa shape index (κ2) is 7.03. The van der Waals surface area contributed by atoms with Crippen LogP contribution in [-0.2, 0) is 4.79 Å². The first-order valence-corrected chi connectivity index (χ1v) is 6.34. The van der Waals surface area contributed by atoms with Crippen molar-refractivity contribution < 1.29 is 4.79 Å². The van der Waals surface area contributed by atoms with Crippen LogP contribution in [-0.4, -0.2) is 5.78 Å². The number of carbonyl (C=O) groups is 1. The average molecular weight is 196 g/mol. The van der Waals surface area contributed by atoms with Gasteiger partial charge in [-0.25, -0.2) is 0 Å². The second-order valence-electron chi connectivity index (χ2n) is 4.70. The quantitative estimate of drug-likeness (QED) is 0.618. The molecule has 0 saturated heterocycles. The lowest BCUT2D eigenvalue weighted by molar-refractivity contribution is -0.120. The molecule has 0 aromatic carbocycles. The molecular formula is C13H24O. The molecule has 1 aliphatic carbocycles. The van der Waals surface area contributed by atoms with Crippen molar-refractivity contribution >= 4 is 5.78 Å². The normalized spacial score (nSPS) is 24.4. The Kier molecular flexibility index (Phi) is 5.89. The molecule has 14 heavy (non-hydrogen) atoms. The van der Waals surface area contributed by atoms with Crippen molar-refractivity contribution in [1.29, 1.82) is 0 Å². The maximum absolute atomic E-state index is 11.5. The topological polar surface area (TPSA) is 17.1 Å². The molecule has 82 valence electrons. The van der Waals surface area contributed by atoms with Gasteiger partial charge < -0.3 is 0 Å². The second-order valence-corrected chi connectivity index (χ2v) is 4.70. The Bertz CT molecular complexity index is 163. The fourth-order valence-electron chi connectivity index (χ4n) is 2.39. The monoisotopic (exact) mass is 196 g/mol. The molecule has 0 spiro atoms. The van der Waals surface area contributed by atoms with E-state index in [1.54, 1.807) is 0 Å². The molecule has 1 rings (SSSR count). The van der Waals surface area contributed by atoms with Crippen LogP contribution in [0.5, 0.6) is 0 Å². The van der Waals surface area contributed by atoms with E-state index in [1.165, 1.54) is 44.9 Å². The Hall–Kier alpha value is -0.330. The van der Waals surface area contributed by atoms with Crippen LogP contribution in [0.2, 0.25) is 0 Å². The Balaban J connectivity index is 2.22. The summed E-state index contributed by atoms with van der Waals surface area (Å²) in [4.78, 5) is 11.5. The fraction of sp³-hybridized carbons (Fsp3) is 0.923. The van der Waals surface area contributed by atoms with Gasteiger partial charge in [-0.3, -0.25) is 4.79 Å². The van der Waals surface area contributed by atoms with Crippen LogP contribution >= 0.6 is 0 Å². The SMILES string of the molecule is CCCCCC1CCCCCC(=O)C1. The zero-order chi connectivity index (χ0) is 10.2. The minimum Gasteiger partial charge on any atom is -0.300 e. The Labute approximate surface area is 88.3 Å². The van der Waals surface area contributed by atoms with Gasteiger partial charge in [0.05, 0.1) is 0 Å². The van der Waals surface area contributed by atoms with Gasteiger partial charge in [0.1, 0.15) is 5.78 Å². The van der Waals surface area contributed by atoms with Crippen molar-refractivity contribution in [2.45, 2.75) is 71.1 Å². The van der Waals surface area contributed by atoms with Gasteiger partial charge in [0.15, 0.2) is 0 Å². The largest absolute Gasteiger partial charge is 0.300 e. The molecule has 1 atom stereocenters. The molecule has 0 bridgehead atoms. The molecule has 1 aliphatic rings. The zero-order valence-corrected chi connectivity index (χ0v) is 9.56. The average Bonchev–Trinajstić information content (AvgIpc) is 2.13. The molecule has 0 aromatic rings. The van der Waals surface area contributed by atoms with E-state index < -0.39 is 0 Å². The van der Waals surface area contributed by atoms with Crippen molar-refractivity contribution in [3.63, 3.8) is 0 Å². The maximum atomic E-state index is 11.5. The van der Waals surface area contributed by atoms with Crippen molar-refractivity contribution in [3.8, 4) is 0 Å². The maximum Gasteiger partial charge on any atom is 0.133 e. The third-order valence-electron chi connectivity index (χ3n) is 3.30. The lowest BCUT2D eigenvalue weighted by atomic mass is 9.87. The molecule has 1 heteroatoms. The van der Waals surface area contributed by atoms with E-state index in [0.29, 0.717) is 11.7 Å². The molecule has 1 saturated carbocycles. The molecule has 0 aromatic heterocycles. The molecule has 0 radical (unpaired) electrons. The van der Waals surface area contributed by atoms with Crippen LogP contribution in [0.4, 0.5) is 0 Å². The Morgan fingerprint density at radius 2 is 2.07 bits per heavy atom. The van der Waals surface area contributed by atoms with Gasteiger partial charge in [0, 0.05) is 12.8 Å². The summed E-state index contributed by atoms with van der Waals surface area (Å²) in [5.74, 6) is 1.24. The van der Waals surface area contributed by atoms with E-state index >= 15 is 0 Å². The Morgan fingerprint density at radius 1 is 1.21 bits per heavy atom. The summed E-state index contributed by atoms with van der Waals surface area (Å²) in [6.07, 6.45) is 12.0. The summed E-state index contributed by atoms with van der Waals surface area (Å²) in [7, 11) is 0. The third-order valence-corrected chi connectivity index (χ3v) is 3.30. The van der Waals surface area contributed by atoms with Gasteiger partial charge in [0.2, 0.25) is 0 Å². The predicted molar refractivity (Wildman–Crippen MR) is 60.3 cm³/mol. The highest BCUT2D eigenvalue weighted by atomic mass is 16.1. The summed E-state index contributed by atoms with van der Waals surface area (Å²) in [5.41, 5.74) is 0. The Morgan fingerprint density at radius 3 is 2.86 bits per heavy atom. The summed E-state index contributed by atoms with van der Waals surface area (Å²) >= 11 is 0. The number of hydrogen-bond donors (Lipinski definition) is 0. The fourth-order valence-corrected chi connectivity index (χ4v) is 2.39. The molecule has 1 fully saturated rings. The molecule has 0 aliphatic heterocycles. The molecule has 0 amide bonds. The van der Waals surface area contributed by atoms with Crippen LogP contribution in [0.25, 0.3) is 0 Å². The summed E-state index contributed by atoms with van der Waals surface area (Å²) in [6, 6.07) is 0. The van der Waals surface area contributed by atoms with E-state index in [0.717, 1.165) is 19.3 Å². The summed E-state index contributed by atoms with van der Waals surface area (Å²) in [5, 5.41) is 0. The van der Waals surface area contributed by atoms with Gasteiger partial charge in [-0.05, 0) is 12.3 Å². The zero-order valence-electron chi connectivity index (χ0n) is 9.56. The number of unbranched alkanes of at least 4 members (excludes halogenated alkanes) is 2. The minimum atomic E-state index is 0.520. The number of hydrogen-bond acceptors (Lipinski definition) is 1. The number of Topliss-reactive ketones (excluding diaryl/α,β-unsaturated/α-hetero) is 1. The number of carbonyl (C=O) groups excluding carboxylic acids is 1. The predicted octanol–water partition coefficient (Wildman–Crippen LogP) is 4.11. The highest BCUT2D eigenvalue weighted by Gasteiger charge is 2.15. The molecular weight excluding hydrogens is 172 g/mol. The van der Waals surface area contributed by atoms with Gasteiger partial charge in [0.25, 0.3) is 0 Å². The number of ketones is 1. The molecule has 0 heterocycles. The summed E-state index contributed by atoms with van der Waals surface area (Å²) < 4.78 is 0. The van der Waals surface area contributed by atoms with E-state index in [-0.39, 0.29) is 0 Å². The summed E-state index contributed by atoms with van der Waals surface area (Å²) in [6.45, 7) is 2.24. The van der Waals surface area contributed by atoms with Gasteiger partial charge in [-0.2, -0.15) is 0 Å². The van der Waals surface area contributed by atoms with E-state index in [9.17, 15) is 4.79 Å². The van der Waals surface area contributed by atoms with E-state index in [1.807, 2.05) is 0 Å². The van der Waals surface area contributed by atoms with Crippen LogP contribution in [0, 0.1) is 5.92 Å². The van der Waals surface area contributed by atoms with E-state index in [4.69, 9.17) is 0 Å². The lowest BCUT2D eigenvalue weighted by Gasteiger charge is -2.18. The third kappa shape index (κ3) is 4.78. The van der Waals surface area contributed by atoms with Crippen molar-refractivity contribution in [1.82, 2.24) is 0 Å². The lowest BCUT2D eigenvalue weighted by Crippen LogP contribution is -2.11. The minimum absolute atomic E-state index is 0.520. The highest BCUT2D eigenvalue weighted by Crippen LogP contribution is 2.24. The van der Waals surface area contributed by atoms with E-state index in [2.05, 4.69) is 6.92 Å². The first kappa shape index (κ1) is 11.7. The van der Waals surface area contributed by atoms with Crippen molar-refractivity contribution in [3.05, 3.63) is 0 Å². The molecule has 1 nitrogen and oxygen atoms in total. The first-order chi connectivity index (χ1) is 6.83. The van der Waals surface area contributed by atoms with Gasteiger partial charge in [-0.15, -0.1) is 0 Å². The van der Waals surface area contributed by atoms with Crippen LogP contribution in [0.15, 0.2) is 0 Å². The number of rotatable bonds is 4. The molecule has 0 N–H and O–H groups in total.